The van der Waals surface area contributed by atoms with Crippen LogP contribution in [-0.4, -0.2) is 18.2 Å². The number of nitrogens with one attached hydrogen (secondary N) is 1. The lowest BCUT2D eigenvalue weighted by atomic mass is 10.00. The minimum Gasteiger partial charge on any atom is -0.483 e. The van der Waals surface area contributed by atoms with E-state index in [1.54, 1.807) is 12.1 Å². The Balaban J connectivity index is 1.95. The number of nitrogens with two attached hydrogens (primary N) is 1. The molecule has 132 valence electrons. The molecule has 0 aliphatic carbocycles. The number of nitrogen functional groups attached to an aromatic ring is 1. The molecule has 2 aromatic rings. The monoisotopic (exact) mass is 339 g/mol. The average molecular weight is 339 g/mol. The summed E-state index contributed by atoms with van der Waals surface area (Å²) in [6.07, 6.45) is 0. The second-order valence-electron chi connectivity index (χ2n) is 6.34. The Morgan fingerprint density at radius 2 is 1.88 bits per heavy atom. The summed E-state index contributed by atoms with van der Waals surface area (Å²) in [5.74, 6) is 0.754. The van der Waals surface area contributed by atoms with Gasteiger partial charge in [0.15, 0.2) is 6.61 Å². The number of hydrogen-bond donors (Lipinski definition) is 2. The van der Waals surface area contributed by atoms with Gasteiger partial charge in [0, 0.05) is 5.69 Å². The molecule has 1 amide bonds. The van der Waals surface area contributed by atoms with Crippen LogP contribution in [0.1, 0.15) is 43.4 Å². The van der Waals surface area contributed by atoms with Crippen molar-refractivity contribution in [3.63, 3.8) is 0 Å². The van der Waals surface area contributed by atoms with E-state index in [4.69, 9.17) is 10.5 Å². The van der Waals surface area contributed by atoms with Gasteiger partial charge in [-0.1, -0.05) is 43.7 Å². The van der Waals surface area contributed by atoms with Gasteiger partial charge in [0.25, 0.3) is 5.91 Å². The number of hydrogen-bond acceptors (Lipinski definition) is 4. The van der Waals surface area contributed by atoms with E-state index >= 15 is 0 Å². The molecule has 25 heavy (non-hydrogen) atoms. The van der Waals surface area contributed by atoms with Crippen LogP contribution in [0.5, 0.6) is 5.75 Å². The molecule has 0 aromatic heterocycles. The fourth-order valence-corrected chi connectivity index (χ4v) is 2.36. The van der Waals surface area contributed by atoms with Gasteiger partial charge in [0.05, 0.1) is 5.71 Å². The number of anilines is 1. The number of benzene rings is 2. The zero-order valence-electron chi connectivity index (χ0n) is 15.2. The molecular weight excluding hydrogens is 314 g/mol. The Morgan fingerprint density at radius 3 is 2.52 bits per heavy atom. The smallest absolute Gasteiger partial charge is 0.277 e. The van der Waals surface area contributed by atoms with Crippen molar-refractivity contribution < 1.29 is 9.53 Å². The van der Waals surface area contributed by atoms with Crippen molar-refractivity contribution in [2.45, 2.75) is 33.6 Å². The van der Waals surface area contributed by atoms with E-state index in [1.165, 1.54) is 5.56 Å². The van der Waals surface area contributed by atoms with Gasteiger partial charge in [-0.05, 0) is 49.1 Å². The Hall–Kier alpha value is -2.82. The molecule has 2 aromatic carbocycles. The molecule has 0 aliphatic rings. The number of carbonyl (C=O) groups excluding carboxylic acids is 1. The van der Waals surface area contributed by atoms with Crippen LogP contribution < -0.4 is 15.9 Å². The van der Waals surface area contributed by atoms with E-state index in [2.05, 4.69) is 30.4 Å². The fraction of sp³-hybridized carbons (Fsp3) is 0.300. The largest absolute Gasteiger partial charge is 0.483 e. The lowest BCUT2D eigenvalue weighted by Crippen LogP contribution is -2.26. The molecular formula is C20H25N3O2. The molecule has 2 rings (SSSR count). The van der Waals surface area contributed by atoms with E-state index in [-0.39, 0.29) is 12.5 Å². The van der Waals surface area contributed by atoms with Crippen molar-refractivity contribution in [2.24, 2.45) is 5.10 Å². The maximum Gasteiger partial charge on any atom is 0.277 e. The molecule has 5 nitrogen and oxygen atoms in total. The summed E-state index contributed by atoms with van der Waals surface area (Å²) in [5, 5.41) is 4.10. The van der Waals surface area contributed by atoms with Crippen LogP contribution in [0, 0.1) is 6.92 Å². The summed E-state index contributed by atoms with van der Waals surface area (Å²) >= 11 is 0. The number of amides is 1. The lowest BCUT2D eigenvalue weighted by molar-refractivity contribution is -0.123. The first-order chi connectivity index (χ1) is 11.9. The normalized spacial score (nSPS) is 11.5. The molecule has 0 bridgehead atoms. The summed E-state index contributed by atoms with van der Waals surface area (Å²) < 4.78 is 5.67. The number of ether oxygens (including phenoxy) is 1. The topological polar surface area (TPSA) is 76.7 Å². The van der Waals surface area contributed by atoms with Crippen LogP contribution in [0.15, 0.2) is 47.6 Å². The van der Waals surface area contributed by atoms with Crippen LogP contribution in [0.3, 0.4) is 0 Å². The summed E-state index contributed by atoms with van der Waals surface area (Å²) in [7, 11) is 0. The predicted octanol–water partition coefficient (Wildman–Crippen LogP) is 3.62. The molecule has 0 radical (unpaired) electrons. The van der Waals surface area contributed by atoms with Crippen molar-refractivity contribution >= 4 is 17.3 Å². The highest BCUT2D eigenvalue weighted by Gasteiger charge is 2.10. The van der Waals surface area contributed by atoms with Crippen LogP contribution in [0.4, 0.5) is 5.69 Å². The quantitative estimate of drug-likeness (QED) is 0.479. The first-order valence-corrected chi connectivity index (χ1v) is 8.29. The van der Waals surface area contributed by atoms with Gasteiger partial charge in [-0.25, -0.2) is 5.43 Å². The average Bonchev–Trinajstić information content (AvgIpc) is 2.59. The maximum atomic E-state index is 12.0. The Labute approximate surface area is 148 Å². The molecule has 0 fully saturated rings. The van der Waals surface area contributed by atoms with E-state index in [1.807, 2.05) is 38.1 Å². The lowest BCUT2D eigenvalue weighted by Gasteiger charge is -2.14. The Morgan fingerprint density at radius 1 is 1.20 bits per heavy atom. The minimum absolute atomic E-state index is 0.0820. The van der Waals surface area contributed by atoms with Crippen LogP contribution in [0.25, 0.3) is 0 Å². The summed E-state index contributed by atoms with van der Waals surface area (Å²) in [6.45, 7) is 7.98. The third-order valence-corrected chi connectivity index (χ3v) is 3.82. The van der Waals surface area contributed by atoms with E-state index < -0.39 is 0 Å². The molecule has 0 spiro atoms. The highest BCUT2D eigenvalue weighted by atomic mass is 16.5. The van der Waals surface area contributed by atoms with Gasteiger partial charge >= 0.3 is 0 Å². The summed E-state index contributed by atoms with van der Waals surface area (Å²) in [4.78, 5) is 12.0. The fourth-order valence-electron chi connectivity index (χ4n) is 2.36. The molecule has 5 heteroatoms. The van der Waals surface area contributed by atoms with Crippen molar-refractivity contribution in [1.82, 2.24) is 5.43 Å². The molecule has 0 aliphatic heterocycles. The third-order valence-electron chi connectivity index (χ3n) is 3.82. The second kappa shape index (κ2) is 8.33. The number of aryl methyl sites for hydroxylation is 1. The van der Waals surface area contributed by atoms with E-state index in [9.17, 15) is 4.79 Å². The van der Waals surface area contributed by atoms with Gasteiger partial charge < -0.3 is 10.5 Å². The first-order valence-electron chi connectivity index (χ1n) is 8.29. The van der Waals surface area contributed by atoms with Gasteiger partial charge in [0.2, 0.25) is 0 Å². The maximum absolute atomic E-state index is 12.0. The SMILES string of the molecule is CC(=NNC(=O)COc1ccc(C)cc1C(C)C)c1ccc(N)cc1. The molecule has 0 saturated carbocycles. The third kappa shape index (κ3) is 5.35. The van der Waals surface area contributed by atoms with Crippen molar-refractivity contribution in [3.8, 4) is 5.75 Å². The van der Waals surface area contributed by atoms with Gasteiger partial charge in [-0.15, -0.1) is 0 Å². The van der Waals surface area contributed by atoms with Crippen molar-refractivity contribution in [1.29, 1.82) is 0 Å². The van der Waals surface area contributed by atoms with Gasteiger partial charge in [-0.2, -0.15) is 5.10 Å². The second-order valence-corrected chi connectivity index (χ2v) is 6.34. The van der Waals surface area contributed by atoms with Crippen molar-refractivity contribution in [2.75, 3.05) is 12.3 Å². The van der Waals surface area contributed by atoms with E-state index in [0.717, 1.165) is 16.9 Å². The van der Waals surface area contributed by atoms with Gasteiger partial charge in [-0.3, -0.25) is 4.79 Å². The highest BCUT2D eigenvalue weighted by Crippen LogP contribution is 2.27. The van der Waals surface area contributed by atoms with Gasteiger partial charge in [0.1, 0.15) is 5.75 Å². The standard InChI is InChI=1S/C20H25N3O2/c1-13(2)18-11-14(3)5-10-19(18)25-12-20(24)23-22-15(4)16-6-8-17(21)9-7-16/h5-11,13H,12,21H2,1-4H3,(H,23,24). The molecule has 0 unspecified atom stereocenters. The predicted molar refractivity (Wildman–Crippen MR) is 102 cm³/mol. The Kier molecular flexibility index (Phi) is 6.17. The number of hydrazone groups is 1. The molecule has 0 atom stereocenters. The minimum atomic E-state index is -0.301. The number of carbonyl (C=O) groups is 1. The highest BCUT2D eigenvalue weighted by molar-refractivity contribution is 5.99. The van der Waals surface area contributed by atoms with Crippen LogP contribution >= 0.6 is 0 Å². The number of nitrogens with zero attached hydrogens (tertiary/aromatic N) is 1. The molecule has 0 saturated heterocycles. The first kappa shape index (κ1) is 18.5. The van der Waals surface area contributed by atoms with Crippen LogP contribution in [0.2, 0.25) is 0 Å². The summed E-state index contributed by atoms with van der Waals surface area (Å²) in [6, 6.07) is 13.3. The Bertz CT molecular complexity index is 765. The van der Waals surface area contributed by atoms with Crippen molar-refractivity contribution in [3.05, 3.63) is 59.2 Å². The molecule has 0 heterocycles. The zero-order chi connectivity index (χ0) is 18.4. The zero-order valence-corrected chi connectivity index (χ0v) is 15.2. The molecule has 3 N–H and O–H groups in total. The van der Waals surface area contributed by atoms with E-state index in [0.29, 0.717) is 17.3 Å². The summed E-state index contributed by atoms with van der Waals surface area (Å²) in [5.41, 5.74) is 12.7. The number of rotatable bonds is 6. The van der Waals surface area contributed by atoms with Crippen LogP contribution in [-0.2, 0) is 4.79 Å².